The van der Waals surface area contributed by atoms with Crippen molar-refractivity contribution in [2.75, 3.05) is 24.9 Å². The summed E-state index contributed by atoms with van der Waals surface area (Å²) in [4.78, 5) is 14.4. The number of rotatable bonds is 5. The van der Waals surface area contributed by atoms with Crippen LogP contribution in [0.1, 0.15) is 63.3 Å². The Morgan fingerprint density at radius 2 is 2.00 bits per heavy atom. The number of thiophene rings is 1. The normalized spacial score (nSPS) is 18.7. The SMILES string of the molecule is COc1ccc([C@H]2C[C@@H](C(F)(F)F)n3ncc(C(=O)Nc4sc5c(c4C#N)CCCC5)c3N2)cc1OC. The van der Waals surface area contributed by atoms with E-state index in [-0.39, 0.29) is 17.8 Å². The molecule has 37 heavy (non-hydrogen) atoms. The van der Waals surface area contributed by atoms with Gasteiger partial charge in [-0.15, -0.1) is 11.3 Å². The highest BCUT2D eigenvalue weighted by Crippen LogP contribution is 2.46. The molecule has 0 unspecified atom stereocenters. The molecule has 8 nitrogen and oxygen atoms in total. The molecular weight excluding hydrogens is 507 g/mol. The molecule has 2 aliphatic rings. The third-order valence-corrected chi connectivity index (χ3v) is 8.01. The van der Waals surface area contributed by atoms with Crippen molar-refractivity contribution >= 4 is 28.1 Å². The molecule has 0 fully saturated rings. The molecule has 0 spiro atoms. The Balaban J connectivity index is 1.49. The summed E-state index contributed by atoms with van der Waals surface area (Å²) in [5.41, 5.74) is 1.89. The fraction of sp³-hybridized carbons (Fsp3) is 0.400. The number of benzene rings is 1. The molecule has 1 aliphatic carbocycles. The van der Waals surface area contributed by atoms with Gasteiger partial charge >= 0.3 is 6.18 Å². The molecule has 0 bridgehead atoms. The average Bonchev–Trinajstić information content (AvgIpc) is 3.47. The zero-order valence-electron chi connectivity index (χ0n) is 20.1. The highest BCUT2D eigenvalue weighted by molar-refractivity contribution is 7.16. The van der Waals surface area contributed by atoms with Crippen molar-refractivity contribution in [2.24, 2.45) is 0 Å². The first-order valence-electron chi connectivity index (χ1n) is 11.7. The van der Waals surface area contributed by atoms with Crippen LogP contribution < -0.4 is 20.1 Å². The summed E-state index contributed by atoms with van der Waals surface area (Å²) in [6.45, 7) is 0. The lowest BCUT2D eigenvalue weighted by Gasteiger charge is -2.34. The number of carbonyl (C=O) groups is 1. The second-order valence-electron chi connectivity index (χ2n) is 8.94. The number of nitriles is 1. The molecule has 194 valence electrons. The van der Waals surface area contributed by atoms with Crippen LogP contribution in [0.5, 0.6) is 11.5 Å². The number of carbonyl (C=O) groups excluding carboxylic acids is 1. The van der Waals surface area contributed by atoms with Crippen LogP contribution in [0.4, 0.5) is 24.0 Å². The van der Waals surface area contributed by atoms with Gasteiger partial charge in [-0.1, -0.05) is 6.07 Å². The first-order valence-corrected chi connectivity index (χ1v) is 12.6. The topological polar surface area (TPSA) is 101 Å². The van der Waals surface area contributed by atoms with Crippen molar-refractivity contribution in [3.8, 4) is 17.6 Å². The number of halogens is 3. The molecular formula is C25H24F3N5O3S. The van der Waals surface area contributed by atoms with E-state index in [2.05, 4.69) is 21.8 Å². The minimum absolute atomic E-state index is 0.0327. The fourth-order valence-corrected chi connectivity index (χ4v) is 6.19. The van der Waals surface area contributed by atoms with Crippen LogP contribution in [0.3, 0.4) is 0 Å². The van der Waals surface area contributed by atoms with Gasteiger partial charge in [-0.3, -0.25) is 4.79 Å². The van der Waals surface area contributed by atoms with Gasteiger partial charge < -0.3 is 20.1 Å². The van der Waals surface area contributed by atoms with Gasteiger partial charge in [0, 0.05) is 11.3 Å². The van der Waals surface area contributed by atoms with Crippen molar-refractivity contribution in [3.63, 3.8) is 0 Å². The summed E-state index contributed by atoms with van der Waals surface area (Å²) in [5, 5.41) is 19.9. The third kappa shape index (κ3) is 4.48. The van der Waals surface area contributed by atoms with Crippen LogP contribution in [0.15, 0.2) is 24.4 Å². The van der Waals surface area contributed by atoms with E-state index in [1.54, 1.807) is 18.2 Å². The largest absolute Gasteiger partial charge is 0.493 e. The minimum atomic E-state index is -4.59. The molecule has 5 rings (SSSR count). The predicted molar refractivity (Wildman–Crippen MR) is 131 cm³/mol. The lowest BCUT2D eigenvalue weighted by atomic mass is 9.96. The summed E-state index contributed by atoms with van der Waals surface area (Å²) >= 11 is 1.35. The van der Waals surface area contributed by atoms with Crippen molar-refractivity contribution in [1.29, 1.82) is 5.26 Å². The van der Waals surface area contributed by atoms with Gasteiger partial charge in [0.15, 0.2) is 17.5 Å². The van der Waals surface area contributed by atoms with E-state index in [0.29, 0.717) is 27.6 Å². The smallest absolute Gasteiger partial charge is 0.410 e. The Morgan fingerprint density at radius 1 is 1.24 bits per heavy atom. The first-order chi connectivity index (χ1) is 17.7. The highest BCUT2D eigenvalue weighted by atomic mass is 32.1. The summed E-state index contributed by atoms with van der Waals surface area (Å²) in [7, 11) is 2.92. The zero-order valence-corrected chi connectivity index (χ0v) is 20.9. The predicted octanol–water partition coefficient (Wildman–Crippen LogP) is 5.62. The number of amides is 1. The second kappa shape index (κ2) is 9.63. The maximum Gasteiger partial charge on any atom is 0.410 e. The van der Waals surface area contributed by atoms with Gasteiger partial charge in [0.2, 0.25) is 0 Å². The van der Waals surface area contributed by atoms with Gasteiger partial charge in [0.25, 0.3) is 5.91 Å². The Labute approximate surface area is 215 Å². The van der Waals surface area contributed by atoms with Crippen molar-refractivity contribution in [2.45, 2.75) is 50.4 Å². The minimum Gasteiger partial charge on any atom is -0.493 e. The number of aryl methyl sites for hydroxylation is 1. The van der Waals surface area contributed by atoms with Gasteiger partial charge in [-0.25, -0.2) is 4.68 Å². The van der Waals surface area contributed by atoms with E-state index in [0.717, 1.165) is 47.0 Å². The quantitative estimate of drug-likeness (QED) is 0.443. The number of alkyl halides is 3. The second-order valence-corrected chi connectivity index (χ2v) is 10.0. The lowest BCUT2D eigenvalue weighted by molar-refractivity contribution is -0.173. The number of methoxy groups -OCH3 is 2. The number of hydrogen-bond donors (Lipinski definition) is 2. The molecule has 3 heterocycles. The Kier molecular flexibility index (Phi) is 6.49. The van der Waals surface area contributed by atoms with E-state index < -0.39 is 24.2 Å². The molecule has 2 atom stereocenters. The fourth-order valence-electron chi connectivity index (χ4n) is 4.96. The molecule has 0 saturated carbocycles. The van der Waals surface area contributed by atoms with Crippen LogP contribution in [-0.4, -0.2) is 36.1 Å². The van der Waals surface area contributed by atoms with Crippen LogP contribution in [-0.2, 0) is 12.8 Å². The van der Waals surface area contributed by atoms with E-state index in [9.17, 15) is 23.2 Å². The monoisotopic (exact) mass is 531 g/mol. The number of nitrogens with one attached hydrogen (secondary N) is 2. The molecule has 0 radical (unpaired) electrons. The number of fused-ring (bicyclic) bond motifs is 2. The van der Waals surface area contributed by atoms with E-state index in [4.69, 9.17) is 9.47 Å². The third-order valence-electron chi connectivity index (χ3n) is 6.80. The molecule has 2 N–H and O–H groups in total. The van der Waals surface area contributed by atoms with E-state index >= 15 is 0 Å². The molecule has 1 aliphatic heterocycles. The van der Waals surface area contributed by atoms with Crippen molar-refractivity contribution < 1.29 is 27.4 Å². The van der Waals surface area contributed by atoms with Crippen molar-refractivity contribution in [3.05, 3.63) is 51.5 Å². The standard InChI is InChI=1S/C25H24F3N5O3S/c1-35-18-8-7-13(9-19(18)36-2)17-10-21(25(26,27)28)33-22(31-17)16(12-30-33)23(34)32-24-15(11-29)14-5-3-4-6-20(14)37-24/h7-9,12,17,21,31H,3-6,10H2,1-2H3,(H,32,34)/t17-,21+/m1/s1. The average molecular weight is 532 g/mol. The van der Waals surface area contributed by atoms with Crippen LogP contribution in [0, 0.1) is 11.3 Å². The molecule has 12 heteroatoms. The maximum absolute atomic E-state index is 14.1. The molecule has 0 saturated heterocycles. The van der Waals surface area contributed by atoms with Crippen LogP contribution >= 0.6 is 11.3 Å². The Morgan fingerprint density at radius 3 is 2.70 bits per heavy atom. The summed E-state index contributed by atoms with van der Waals surface area (Å²) in [5.74, 6) is 0.169. The van der Waals surface area contributed by atoms with E-state index in [1.807, 2.05) is 0 Å². The van der Waals surface area contributed by atoms with Gasteiger partial charge in [-0.2, -0.15) is 23.5 Å². The van der Waals surface area contributed by atoms with Crippen molar-refractivity contribution in [1.82, 2.24) is 9.78 Å². The van der Waals surface area contributed by atoms with Gasteiger partial charge in [0.05, 0.1) is 32.0 Å². The van der Waals surface area contributed by atoms with Crippen LogP contribution in [0.25, 0.3) is 0 Å². The highest BCUT2D eigenvalue weighted by Gasteiger charge is 2.47. The molecule has 1 aromatic carbocycles. The zero-order chi connectivity index (χ0) is 26.3. The number of aromatic nitrogens is 2. The number of ether oxygens (including phenoxy) is 2. The van der Waals surface area contributed by atoms with Gasteiger partial charge in [-0.05, 0) is 48.9 Å². The Bertz CT molecular complexity index is 1390. The summed E-state index contributed by atoms with van der Waals surface area (Å²) in [6.07, 6.45) is -0.179. The number of anilines is 2. The lowest BCUT2D eigenvalue weighted by Crippen LogP contribution is -2.36. The summed E-state index contributed by atoms with van der Waals surface area (Å²) in [6, 6.07) is 4.37. The number of hydrogen-bond acceptors (Lipinski definition) is 7. The van der Waals surface area contributed by atoms with Gasteiger partial charge in [0.1, 0.15) is 22.5 Å². The summed E-state index contributed by atoms with van der Waals surface area (Å²) < 4.78 is 53.7. The van der Waals surface area contributed by atoms with E-state index in [1.165, 1.54) is 25.6 Å². The maximum atomic E-state index is 14.1. The Hall–Kier alpha value is -3.72. The first kappa shape index (κ1) is 25.0. The molecule has 1 amide bonds. The number of nitrogens with zero attached hydrogens (tertiary/aromatic N) is 3. The van der Waals surface area contributed by atoms with Crippen LogP contribution in [0.2, 0.25) is 0 Å². The molecule has 3 aromatic rings. The molecule has 2 aromatic heterocycles.